The topological polar surface area (TPSA) is 63.3 Å². The third-order valence-electron chi connectivity index (χ3n) is 4.04. The molecule has 0 amide bonds. The van der Waals surface area contributed by atoms with Crippen molar-refractivity contribution in [1.29, 1.82) is 0 Å². The Labute approximate surface area is 122 Å². The SMILES string of the molecule is CCCCCCCCC(CN)(C(=O)O)c1ccccc1. The number of carboxylic acids is 1. The van der Waals surface area contributed by atoms with Gasteiger partial charge in [0.1, 0.15) is 5.41 Å². The van der Waals surface area contributed by atoms with Crippen LogP contribution in [0.1, 0.15) is 57.4 Å². The zero-order valence-electron chi connectivity index (χ0n) is 12.5. The van der Waals surface area contributed by atoms with Gasteiger partial charge in [0.05, 0.1) is 0 Å². The summed E-state index contributed by atoms with van der Waals surface area (Å²) in [7, 11) is 0. The molecule has 0 aliphatic heterocycles. The molecule has 1 unspecified atom stereocenters. The zero-order chi connectivity index (χ0) is 14.8. The summed E-state index contributed by atoms with van der Waals surface area (Å²) < 4.78 is 0. The minimum atomic E-state index is -0.925. The van der Waals surface area contributed by atoms with Crippen LogP contribution in [-0.4, -0.2) is 17.6 Å². The van der Waals surface area contributed by atoms with E-state index in [2.05, 4.69) is 6.92 Å². The van der Waals surface area contributed by atoms with Gasteiger partial charge in [-0.05, 0) is 12.0 Å². The molecule has 3 N–H and O–H groups in total. The van der Waals surface area contributed by atoms with Gasteiger partial charge in [-0.25, -0.2) is 0 Å². The highest BCUT2D eigenvalue weighted by atomic mass is 16.4. The van der Waals surface area contributed by atoms with Gasteiger partial charge in [0.2, 0.25) is 0 Å². The summed E-state index contributed by atoms with van der Waals surface area (Å²) in [4.78, 5) is 11.7. The molecule has 0 saturated heterocycles. The molecule has 0 aliphatic carbocycles. The van der Waals surface area contributed by atoms with Crippen LogP contribution in [0.3, 0.4) is 0 Å². The molecule has 0 heterocycles. The van der Waals surface area contributed by atoms with Gasteiger partial charge >= 0.3 is 5.97 Å². The number of carboxylic acid groups (broad SMARTS) is 1. The fourth-order valence-corrected chi connectivity index (χ4v) is 2.65. The van der Waals surface area contributed by atoms with Crippen LogP contribution in [0.5, 0.6) is 0 Å². The van der Waals surface area contributed by atoms with Crippen molar-refractivity contribution >= 4 is 5.97 Å². The van der Waals surface area contributed by atoms with Crippen LogP contribution >= 0.6 is 0 Å². The largest absolute Gasteiger partial charge is 0.481 e. The van der Waals surface area contributed by atoms with Gasteiger partial charge in [0.15, 0.2) is 0 Å². The third-order valence-corrected chi connectivity index (χ3v) is 4.04. The maximum atomic E-state index is 11.7. The van der Waals surface area contributed by atoms with Crippen molar-refractivity contribution in [3.8, 4) is 0 Å². The molecule has 0 aliphatic rings. The molecule has 0 fully saturated rings. The van der Waals surface area contributed by atoms with Crippen LogP contribution in [-0.2, 0) is 10.2 Å². The van der Waals surface area contributed by atoms with E-state index < -0.39 is 11.4 Å². The minimum absolute atomic E-state index is 0.154. The van der Waals surface area contributed by atoms with Crippen molar-refractivity contribution < 1.29 is 9.90 Å². The first-order chi connectivity index (χ1) is 9.67. The highest BCUT2D eigenvalue weighted by molar-refractivity contribution is 5.81. The molecule has 0 radical (unpaired) electrons. The average Bonchev–Trinajstić information content (AvgIpc) is 2.47. The smallest absolute Gasteiger partial charge is 0.315 e. The molecule has 0 aromatic heterocycles. The van der Waals surface area contributed by atoms with Gasteiger partial charge < -0.3 is 10.8 Å². The Balaban J connectivity index is 2.64. The number of hydrogen-bond donors (Lipinski definition) is 2. The van der Waals surface area contributed by atoms with E-state index >= 15 is 0 Å². The molecule has 3 heteroatoms. The van der Waals surface area contributed by atoms with Crippen molar-refractivity contribution in [2.75, 3.05) is 6.54 Å². The van der Waals surface area contributed by atoms with Crippen molar-refractivity contribution in [3.63, 3.8) is 0 Å². The van der Waals surface area contributed by atoms with Gasteiger partial charge in [-0.15, -0.1) is 0 Å². The number of rotatable bonds is 10. The van der Waals surface area contributed by atoms with Crippen LogP contribution in [0.15, 0.2) is 30.3 Å². The van der Waals surface area contributed by atoms with Crippen molar-refractivity contribution in [1.82, 2.24) is 0 Å². The first kappa shape index (κ1) is 16.7. The highest BCUT2D eigenvalue weighted by Crippen LogP contribution is 2.30. The predicted octanol–water partition coefficient (Wildman–Crippen LogP) is 3.72. The second kappa shape index (κ2) is 8.75. The van der Waals surface area contributed by atoms with Crippen molar-refractivity contribution in [3.05, 3.63) is 35.9 Å². The Bertz CT molecular complexity index is 391. The normalized spacial score (nSPS) is 13.9. The van der Waals surface area contributed by atoms with E-state index in [1.165, 1.54) is 25.7 Å². The van der Waals surface area contributed by atoms with Crippen molar-refractivity contribution in [2.24, 2.45) is 5.73 Å². The van der Waals surface area contributed by atoms with E-state index in [4.69, 9.17) is 5.73 Å². The lowest BCUT2D eigenvalue weighted by molar-refractivity contribution is -0.143. The molecule has 1 rings (SSSR count). The van der Waals surface area contributed by atoms with E-state index in [0.717, 1.165) is 18.4 Å². The molecule has 3 nitrogen and oxygen atoms in total. The van der Waals surface area contributed by atoms with E-state index in [9.17, 15) is 9.90 Å². The number of aliphatic carboxylic acids is 1. The van der Waals surface area contributed by atoms with Crippen LogP contribution in [0.4, 0.5) is 0 Å². The van der Waals surface area contributed by atoms with E-state index in [1.807, 2.05) is 30.3 Å². The lowest BCUT2D eigenvalue weighted by atomic mass is 9.76. The molecule has 20 heavy (non-hydrogen) atoms. The van der Waals surface area contributed by atoms with Gasteiger partial charge in [0.25, 0.3) is 0 Å². The molecular weight excluding hydrogens is 250 g/mol. The Morgan fingerprint density at radius 1 is 1.10 bits per heavy atom. The second-order valence-electron chi connectivity index (χ2n) is 5.48. The molecule has 0 bridgehead atoms. The van der Waals surface area contributed by atoms with Gasteiger partial charge in [-0.1, -0.05) is 75.8 Å². The van der Waals surface area contributed by atoms with Gasteiger partial charge in [-0.2, -0.15) is 0 Å². The number of hydrogen-bond acceptors (Lipinski definition) is 2. The Morgan fingerprint density at radius 2 is 1.70 bits per heavy atom. The quantitative estimate of drug-likeness (QED) is 0.641. The summed E-state index contributed by atoms with van der Waals surface area (Å²) in [5.41, 5.74) is 5.72. The van der Waals surface area contributed by atoms with Crippen LogP contribution in [0, 0.1) is 0 Å². The first-order valence-corrected chi connectivity index (χ1v) is 7.66. The fraction of sp³-hybridized carbons (Fsp3) is 0.588. The third kappa shape index (κ3) is 4.34. The van der Waals surface area contributed by atoms with Crippen LogP contribution in [0.25, 0.3) is 0 Å². The van der Waals surface area contributed by atoms with E-state index in [0.29, 0.717) is 6.42 Å². The zero-order valence-corrected chi connectivity index (χ0v) is 12.5. The first-order valence-electron chi connectivity index (χ1n) is 7.66. The standard InChI is InChI=1S/C17H27NO2/c1-2-3-4-5-6-10-13-17(14-18,16(19)20)15-11-8-7-9-12-15/h7-9,11-12H,2-6,10,13-14,18H2,1H3,(H,19,20). The van der Waals surface area contributed by atoms with E-state index in [1.54, 1.807) is 0 Å². The van der Waals surface area contributed by atoms with Gasteiger partial charge in [-0.3, -0.25) is 4.79 Å². The molecule has 1 aromatic rings. The maximum Gasteiger partial charge on any atom is 0.315 e. The Hall–Kier alpha value is -1.35. The molecule has 112 valence electrons. The average molecular weight is 277 g/mol. The van der Waals surface area contributed by atoms with Crippen molar-refractivity contribution in [2.45, 2.75) is 57.3 Å². The number of carbonyl (C=O) groups is 1. The maximum absolute atomic E-state index is 11.7. The summed E-state index contributed by atoms with van der Waals surface area (Å²) in [6.45, 7) is 2.35. The van der Waals surface area contributed by atoms with E-state index in [-0.39, 0.29) is 6.54 Å². The minimum Gasteiger partial charge on any atom is -0.481 e. The lowest BCUT2D eigenvalue weighted by Crippen LogP contribution is -2.43. The molecule has 0 spiro atoms. The summed E-state index contributed by atoms with van der Waals surface area (Å²) in [5.74, 6) is -0.806. The summed E-state index contributed by atoms with van der Waals surface area (Å²) in [6.07, 6.45) is 7.54. The molecule has 0 saturated carbocycles. The second-order valence-corrected chi connectivity index (χ2v) is 5.48. The Kier molecular flexibility index (Phi) is 7.31. The molecule has 1 aromatic carbocycles. The molecule has 1 atom stereocenters. The predicted molar refractivity (Wildman–Crippen MR) is 82.8 cm³/mol. The highest BCUT2D eigenvalue weighted by Gasteiger charge is 2.38. The summed E-state index contributed by atoms with van der Waals surface area (Å²) in [6, 6.07) is 9.40. The Morgan fingerprint density at radius 3 is 2.25 bits per heavy atom. The lowest BCUT2D eigenvalue weighted by Gasteiger charge is -2.28. The van der Waals surface area contributed by atoms with Gasteiger partial charge in [0, 0.05) is 6.54 Å². The fourth-order valence-electron chi connectivity index (χ4n) is 2.65. The van der Waals surface area contributed by atoms with Crippen LogP contribution in [0.2, 0.25) is 0 Å². The number of nitrogens with two attached hydrogens (primary N) is 1. The number of benzene rings is 1. The summed E-state index contributed by atoms with van der Waals surface area (Å²) >= 11 is 0. The monoisotopic (exact) mass is 277 g/mol. The van der Waals surface area contributed by atoms with Crippen LogP contribution < -0.4 is 5.73 Å². The number of unbranched alkanes of at least 4 members (excludes halogenated alkanes) is 5. The molecular formula is C17H27NO2. The summed E-state index contributed by atoms with van der Waals surface area (Å²) in [5, 5.41) is 9.64.